The van der Waals surface area contributed by atoms with Gasteiger partial charge in [-0.05, 0) is 54.9 Å². The zero-order chi connectivity index (χ0) is 16.5. The molecule has 4 rings (SSSR count). The second-order valence-electron chi connectivity index (χ2n) is 7.47. The quantitative estimate of drug-likeness (QED) is 0.776. The summed E-state index contributed by atoms with van der Waals surface area (Å²) in [6.45, 7) is 4.39. The molecule has 1 aromatic rings. The second-order valence-corrected chi connectivity index (χ2v) is 7.47. The summed E-state index contributed by atoms with van der Waals surface area (Å²) in [7, 11) is 0. The Kier molecular flexibility index (Phi) is 4.26. The zero-order valence-corrected chi connectivity index (χ0v) is 14.1. The fourth-order valence-electron chi connectivity index (χ4n) is 5.08. The molecule has 2 saturated carbocycles. The summed E-state index contributed by atoms with van der Waals surface area (Å²) >= 11 is 0. The summed E-state index contributed by atoms with van der Waals surface area (Å²) in [4.78, 5) is 16.7. The maximum absolute atomic E-state index is 12.1. The van der Waals surface area contributed by atoms with E-state index in [1.807, 2.05) is 18.2 Å². The minimum Gasteiger partial charge on any atom is -0.465 e. The highest BCUT2D eigenvalue weighted by Gasteiger charge is 2.50. The van der Waals surface area contributed by atoms with Gasteiger partial charge in [0, 0.05) is 5.92 Å². The van der Waals surface area contributed by atoms with Gasteiger partial charge in [0.1, 0.15) is 0 Å². The Balaban J connectivity index is 1.61. The molecule has 0 N–H and O–H groups in total. The van der Waals surface area contributed by atoms with Crippen LogP contribution in [-0.2, 0) is 9.53 Å². The summed E-state index contributed by atoms with van der Waals surface area (Å²) in [5.41, 5.74) is 1.86. The number of pyridine rings is 1. The van der Waals surface area contributed by atoms with Crippen LogP contribution in [0.5, 0.6) is 0 Å². The average molecular weight is 323 g/mol. The molecule has 3 aliphatic rings. The molecule has 2 heterocycles. The number of hydrogen-bond acceptors (Lipinski definition) is 3. The van der Waals surface area contributed by atoms with Crippen LogP contribution in [0.3, 0.4) is 0 Å². The van der Waals surface area contributed by atoms with Crippen LogP contribution < -0.4 is 0 Å². The Hall–Kier alpha value is -1.90. The first-order valence-corrected chi connectivity index (χ1v) is 9.20. The predicted octanol–water partition coefficient (Wildman–Crippen LogP) is 4.35. The Labute approximate surface area is 143 Å². The number of ether oxygens (including phenoxy) is 1. The van der Waals surface area contributed by atoms with E-state index in [1.54, 1.807) is 6.08 Å². The highest BCUT2D eigenvalue weighted by Crippen LogP contribution is 2.51. The first-order valence-electron chi connectivity index (χ1n) is 9.20. The summed E-state index contributed by atoms with van der Waals surface area (Å²) in [5.74, 6) is 2.34. The van der Waals surface area contributed by atoms with Gasteiger partial charge in [0.25, 0.3) is 0 Å². The van der Waals surface area contributed by atoms with Crippen molar-refractivity contribution in [3.63, 3.8) is 0 Å². The number of carbonyl (C=O) groups is 1. The maximum atomic E-state index is 12.1. The predicted molar refractivity (Wildman–Crippen MR) is 94.9 cm³/mol. The van der Waals surface area contributed by atoms with E-state index in [4.69, 9.17) is 4.74 Å². The number of allylic oxidation sites excluding steroid dienone is 1. The van der Waals surface area contributed by atoms with Crippen molar-refractivity contribution in [1.29, 1.82) is 0 Å². The second kappa shape index (κ2) is 6.54. The lowest BCUT2D eigenvalue weighted by atomic mass is 9.58. The van der Waals surface area contributed by atoms with Crippen molar-refractivity contribution in [3.8, 4) is 0 Å². The standard InChI is InChI=1S/C21H25NO2/c1-2-15-7-5-8-16(22-15)10-11-18-17-9-4-3-6-14(17)12-19-20(18)13-24-21(19)23/h2,5,7-8,10-11,14,17-20H,1,3-4,6,9,12-13H2/b11-10+/t14?,17-,18?,19?,20?/m0/s1. The highest BCUT2D eigenvalue weighted by atomic mass is 16.5. The molecule has 3 nitrogen and oxygen atoms in total. The number of nitrogens with zero attached hydrogens (tertiary/aromatic N) is 1. The van der Waals surface area contributed by atoms with E-state index in [1.165, 1.54) is 25.7 Å². The Morgan fingerprint density at radius 2 is 2.00 bits per heavy atom. The lowest BCUT2D eigenvalue weighted by molar-refractivity contribution is -0.142. The average Bonchev–Trinajstić information content (AvgIpc) is 2.99. The fourth-order valence-corrected chi connectivity index (χ4v) is 5.08. The van der Waals surface area contributed by atoms with Gasteiger partial charge in [-0.15, -0.1) is 0 Å². The van der Waals surface area contributed by atoms with Gasteiger partial charge in [-0.25, -0.2) is 4.98 Å². The number of rotatable bonds is 3. The van der Waals surface area contributed by atoms with Gasteiger partial charge in [-0.1, -0.05) is 38.0 Å². The van der Waals surface area contributed by atoms with E-state index in [0.29, 0.717) is 30.3 Å². The van der Waals surface area contributed by atoms with Gasteiger partial charge in [0.05, 0.1) is 23.9 Å². The number of fused-ring (bicyclic) bond motifs is 2. The first-order chi connectivity index (χ1) is 11.8. The number of cyclic esters (lactones) is 1. The molecular formula is C21H25NO2. The monoisotopic (exact) mass is 323 g/mol. The van der Waals surface area contributed by atoms with Crippen LogP contribution in [0.2, 0.25) is 0 Å². The smallest absolute Gasteiger partial charge is 0.309 e. The van der Waals surface area contributed by atoms with Crippen molar-refractivity contribution in [2.45, 2.75) is 32.1 Å². The van der Waals surface area contributed by atoms with Gasteiger partial charge in [-0.3, -0.25) is 4.79 Å². The molecule has 1 aliphatic heterocycles. The number of esters is 1. The van der Waals surface area contributed by atoms with E-state index in [0.717, 1.165) is 17.8 Å². The molecule has 1 aromatic heterocycles. The maximum Gasteiger partial charge on any atom is 0.309 e. The lowest BCUT2D eigenvalue weighted by Gasteiger charge is -2.44. The van der Waals surface area contributed by atoms with Crippen molar-refractivity contribution in [3.05, 3.63) is 42.2 Å². The minimum absolute atomic E-state index is 0.0363. The van der Waals surface area contributed by atoms with E-state index in [9.17, 15) is 4.79 Å². The van der Waals surface area contributed by atoms with E-state index in [-0.39, 0.29) is 11.9 Å². The molecule has 0 radical (unpaired) electrons. The van der Waals surface area contributed by atoms with E-state index in [2.05, 4.69) is 23.7 Å². The van der Waals surface area contributed by atoms with E-state index >= 15 is 0 Å². The molecular weight excluding hydrogens is 298 g/mol. The van der Waals surface area contributed by atoms with Gasteiger partial charge >= 0.3 is 5.97 Å². The van der Waals surface area contributed by atoms with Gasteiger partial charge < -0.3 is 4.74 Å². The summed E-state index contributed by atoms with van der Waals surface area (Å²) in [6.07, 6.45) is 12.5. The van der Waals surface area contributed by atoms with Crippen LogP contribution in [-0.4, -0.2) is 17.6 Å². The molecule has 3 fully saturated rings. The van der Waals surface area contributed by atoms with Crippen LogP contribution in [0.1, 0.15) is 43.5 Å². The minimum atomic E-state index is 0.0363. The van der Waals surface area contributed by atoms with Gasteiger partial charge in [-0.2, -0.15) is 0 Å². The molecule has 5 atom stereocenters. The summed E-state index contributed by atoms with van der Waals surface area (Å²) < 4.78 is 5.42. The van der Waals surface area contributed by atoms with Crippen molar-refractivity contribution in [1.82, 2.24) is 4.98 Å². The normalized spacial score (nSPS) is 35.3. The van der Waals surface area contributed by atoms with Crippen LogP contribution in [0.15, 0.2) is 30.9 Å². The van der Waals surface area contributed by atoms with E-state index < -0.39 is 0 Å². The molecule has 3 heteroatoms. The van der Waals surface area contributed by atoms with Crippen LogP contribution in [0, 0.1) is 29.6 Å². The number of hydrogen-bond donors (Lipinski definition) is 0. The van der Waals surface area contributed by atoms with Gasteiger partial charge in [0.15, 0.2) is 0 Å². The number of aromatic nitrogens is 1. The van der Waals surface area contributed by atoms with Crippen molar-refractivity contribution in [2.75, 3.05) is 6.61 Å². The Morgan fingerprint density at radius 1 is 1.17 bits per heavy atom. The molecule has 126 valence electrons. The molecule has 1 saturated heterocycles. The highest BCUT2D eigenvalue weighted by molar-refractivity contribution is 5.75. The third kappa shape index (κ3) is 2.81. The Morgan fingerprint density at radius 3 is 2.88 bits per heavy atom. The fraction of sp³-hybridized carbons (Fsp3) is 0.524. The van der Waals surface area contributed by atoms with Crippen LogP contribution >= 0.6 is 0 Å². The first kappa shape index (κ1) is 15.6. The SMILES string of the molecule is C=Cc1cccc(/C=C/C2C3COC(=O)C3CC3CCCC[C@@H]32)n1. The largest absolute Gasteiger partial charge is 0.465 e. The Bertz CT molecular complexity index is 666. The molecule has 0 bridgehead atoms. The van der Waals surface area contributed by atoms with Crippen LogP contribution in [0.25, 0.3) is 12.2 Å². The molecule has 0 aromatic carbocycles. The zero-order valence-electron chi connectivity index (χ0n) is 14.1. The lowest BCUT2D eigenvalue weighted by Crippen LogP contribution is -2.41. The van der Waals surface area contributed by atoms with Crippen molar-refractivity contribution < 1.29 is 9.53 Å². The van der Waals surface area contributed by atoms with Crippen molar-refractivity contribution >= 4 is 18.1 Å². The summed E-state index contributed by atoms with van der Waals surface area (Å²) in [6, 6.07) is 6.00. The molecule has 4 unspecified atom stereocenters. The van der Waals surface area contributed by atoms with Crippen LogP contribution in [0.4, 0.5) is 0 Å². The molecule has 24 heavy (non-hydrogen) atoms. The third-order valence-corrected chi connectivity index (χ3v) is 6.24. The molecule has 2 aliphatic carbocycles. The topological polar surface area (TPSA) is 39.2 Å². The number of carbonyl (C=O) groups excluding carboxylic acids is 1. The molecule has 0 spiro atoms. The molecule has 0 amide bonds. The third-order valence-electron chi connectivity index (χ3n) is 6.24. The summed E-state index contributed by atoms with van der Waals surface area (Å²) in [5, 5.41) is 0. The van der Waals surface area contributed by atoms with Crippen molar-refractivity contribution in [2.24, 2.45) is 29.6 Å². The van der Waals surface area contributed by atoms with Gasteiger partial charge in [0.2, 0.25) is 0 Å².